The predicted molar refractivity (Wildman–Crippen MR) is 124 cm³/mol. The van der Waals surface area contributed by atoms with Gasteiger partial charge in [-0.15, -0.1) is 0 Å². The van der Waals surface area contributed by atoms with Crippen LogP contribution in [0.5, 0.6) is 17.5 Å². The molecular formula is C25H22F4N4O3. The van der Waals surface area contributed by atoms with Crippen molar-refractivity contribution in [1.82, 2.24) is 14.9 Å². The van der Waals surface area contributed by atoms with Crippen molar-refractivity contribution in [2.24, 2.45) is 0 Å². The number of piperidine rings is 1. The molecule has 1 N–H and O–H groups in total. The quantitative estimate of drug-likeness (QED) is 0.414. The molecule has 1 aromatic carbocycles. The smallest absolute Gasteiger partial charge is 0.417 e. The number of halogens is 4. The van der Waals surface area contributed by atoms with E-state index in [4.69, 9.17) is 9.47 Å². The number of methoxy groups -OCH3 is 1. The summed E-state index contributed by atoms with van der Waals surface area (Å²) in [6.45, 7) is 0.674. The van der Waals surface area contributed by atoms with Gasteiger partial charge in [-0.25, -0.2) is 19.2 Å². The summed E-state index contributed by atoms with van der Waals surface area (Å²) >= 11 is 0. The monoisotopic (exact) mass is 502 g/mol. The van der Waals surface area contributed by atoms with Gasteiger partial charge in [0.1, 0.15) is 11.6 Å². The van der Waals surface area contributed by atoms with Crippen molar-refractivity contribution in [1.29, 1.82) is 0 Å². The largest absolute Gasteiger partial charge is 0.481 e. The minimum absolute atomic E-state index is 0.0420. The van der Waals surface area contributed by atoms with Gasteiger partial charge in [0.2, 0.25) is 11.8 Å². The van der Waals surface area contributed by atoms with Gasteiger partial charge in [-0.2, -0.15) is 13.2 Å². The third kappa shape index (κ3) is 6.09. The van der Waals surface area contributed by atoms with Gasteiger partial charge in [0.05, 0.1) is 24.6 Å². The van der Waals surface area contributed by atoms with Crippen LogP contribution in [0.3, 0.4) is 0 Å². The lowest BCUT2D eigenvalue weighted by Crippen LogP contribution is -2.39. The van der Waals surface area contributed by atoms with Crippen molar-refractivity contribution < 1.29 is 31.8 Å². The lowest BCUT2D eigenvalue weighted by Gasteiger charge is -2.29. The predicted octanol–water partition coefficient (Wildman–Crippen LogP) is 6.30. The van der Waals surface area contributed by atoms with Crippen LogP contribution in [0.1, 0.15) is 24.0 Å². The summed E-state index contributed by atoms with van der Waals surface area (Å²) < 4.78 is 63.8. The number of nitrogens with one attached hydrogen (secondary N) is 1. The number of alkyl halides is 3. The van der Waals surface area contributed by atoms with Gasteiger partial charge in [-0.05, 0) is 42.7 Å². The average Bonchev–Trinajstić information content (AvgIpc) is 2.89. The number of hydrogen-bond donors (Lipinski definition) is 1. The Morgan fingerprint density at radius 2 is 1.72 bits per heavy atom. The van der Waals surface area contributed by atoms with Crippen LogP contribution < -0.4 is 14.8 Å². The summed E-state index contributed by atoms with van der Waals surface area (Å²) in [5.74, 6) is 0.210. The number of likely N-dealkylation sites (tertiary alicyclic amines) is 1. The Labute approximate surface area is 204 Å². The van der Waals surface area contributed by atoms with Crippen LogP contribution in [-0.4, -0.2) is 41.1 Å². The first-order chi connectivity index (χ1) is 17.2. The summed E-state index contributed by atoms with van der Waals surface area (Å²) in [7, 11) is 1.50. The first-order valence-electron chi connectivity index (χ1n) is 11.0. The molecule has 2 amide bonds. The highest BCUT2D eigenvalue weighted by atomic mass is 19.4. The molecular weight excluding hydrogens is 480 g/mol. The normalized spacial score (nSPS) is 13.8. The highest BCUT2D eigenvalue weighted by molar-refractivity contribution is 5.89. The van der Waals surface area contributed by atoms with Crippen molar-refractivity contribution in [3.8, 4) is 17.5 Å². The molecule has 0 atom stereocenters. The van der Waals surface area contributed by atoms with E-state index in [9.17, 15) is 18.0 Å². The maximum Gasteiger partial charge on any atom is 0.417 e. The third-order valence-electron chi connectivity index (χ3n) is 5.53. The van der Waals surface area contributed by atoms with Crippen LogP contribution in [0, 0.1) is 0 Å². The van der Waals surface area contributed by atoms with E-state index in [0.717, 1.165) is 12.1 Å². The van der Waals surface area contributed by atoms with Gasteiger partial charge < -0.3 is 19.7 Å². The number of carbonyl (C=O) groups excluding carboxylic acids is 1. The van der Waals surface area contributed by atoms with Crippen LogP contribution >= 0.6 is 0 Å². The second-order valence-corrected chi connectivity index (χ2v) is 7.94. The summed E-state index contributed by atoms with van der Waals surface area (Å²) in [5, 5.41) is 2.76. The van der Waals surface area contributed by atoms with E-state index < -0.39 is 17.6 Å². The maximum atomic E-state index is 15.2. The Balaban J connectivity index is 1.37. The van der Waals surface area contributed by atoms with Crippen molar-refractivity contribution >= 4 is 17.5 Å². The number of aromatic nitrogens is 2. The fourth-order valence-corrected chi connectivity index (χ4v) is 3.61. The van der Waals surface area contributed by atoms with Crippen molar-refractivity contribution in [2.45, 2.75) is 19.0 Å². The molecule has 11 heteroatoms. The first kappa shape index (κ1) is 25.0. The zero-order valence-corrected chi connectivity index (χ0v) is 19.2. The van der Waals surface area contributed by atoms with Gasteiger partial charge >= 0.3 is 12.2 Å². The van der Waals surface area contributed by atoms with E-state index >= 15 is 4.39 Å². The molecule has 0 bridgehead atoms. The molecule has 2 aromatic heterocycles. The zero-order chi connectivity index (χ0) is 25.7. The molecule has 1 aliphatic heterocycles. The molecule has 4 rings (SSSR count). The number of amides is 2. The minimum atomic E-state index is -4.50. The molecule has 36 heavy (non-hydrogen) atoms. The summed E-state index contributed by atoms with van der Waals surface area (Å²) in [5.41, 5.74) is 0.472. The molecule has 3 heterocycles. The van der Waals surface area contributed by atoms with Crippen LogP contribution in [-0.2, 0) is 6.18 Å². The molecule has 1 saturated heterocycles. The molecule has 0 radical (unpaired) electrons. The van der Waals surface area contributed by atoms with E-state index in [-0.39, 0.29) is 23.2 Å². The van der Waals surface area contributed by atoms with E-state index in [0.29, 0.717) is 49.3 Å². The van der Waals surface area contributed by atoms with Gasteiger partial charge in [-0.3, -0.25) is 0 Å². The van der Waals surface area contributed by atoms with E-state index in [1.807, 2.05) is 0 Å². The third-order valence-corrected chi connectivity index (χ3v) is 5.53. The molecule has 1 aliphatic rings. The minimum Gasteiger partial charge on any atom is -0.481 e. The van der Waals surface area contributed by atoms with Gasteiger partial charge in [0, 0.05) is 37.0 Å². The molecule has 0 unspecified atom stereocenters. The molecule has 7 nitrogen and oxygen atoms in total. The number of nitrogens with zero attached hydrogens (tertiary/aromatic N) is 3. The Kier molecular flexibility index (Phi) is 7.37. The Morgan fingerprint density at radius 3 is 2.33 bits per heavy atom. The first-order valence-corrected chi connectivity index (χ1v) is 11.0. The SMILES string of the molecule is COc1ccc(NC(=O)N2CCC(=C(F)c3cccc(Oc4ccc(C(F)(F)F)cn4)c3)CC2)cn1. The summed E-state index contributed by atoms with van der Waals surface area (Å²) in [6.07, 6.45) is -1.63. The Morgan fingerprint density at radius 1 is 1.00 bits per heavy atom. The molecule has 188 valence electrons. The topological polar surface area (TPSA) is 76.6 Å². The van der Waals surface area contributed by atoms with Gasteiger partial charge in [0.15, 0.2) is 0 Å². The lowest BCUT2D eigenvalue weighted by atomic mass is 10.00. The molecule has 1 fully saturated rings. The highest BCUT2D eigenvalue weighted by Crippen LogP contribution is 2.32. The average molecular weight is 502 g/mol. The van der Waals surface area contributed by atoms with Crippen molar-refractivity contribution in [2.75, 3.05) is 25.5 Å². The summed E-state index contributed by atoms with van der Waals surface area (Å²) in [4.78, 5) is 21.8. The number of ether oxygens (including phenoxy) is 2. The number of rotatable bonds is 5. The fraction of sp³-hybridized carbons (Fsp3) is 0.240. The van der Waals surface area contributed by atoms with Gasteiger partial charge in [0.25, 0.3) is 0 Å². The number of urea groups is 1. The number of benzene rings is 1. The second kappa shape index (κ2) is 10.6. The molecule has 3 aromatic rings. The molecule has 0 saturated carbocycles. The van der Waals surface area contributed by atoms with E-state index in [1.165, 1.54) is 19.4 Å². The number of pyridine rings is 2. The number of carbonyl (C=O) groups is 1. The van der Waals surface area contributed by atoms with Gasteiger partial charge in [-0.1, -0.05) is 12.1 Å². The molecule has 0 spiro atoms. The summed E-state index contributed by atoms with van der Waals surface area (Å²) in [6, 6.07) is 11.1. The lowest BCUT2D eigenvalue weighted by molar-refractivity contribution is -0.137. The molecule has 0 aliphatic carbocycles. The van der Waals surface area contributed by atoms with Crippen LogP contribution in [0.2, 0.25) is 0 Å². The zero-order valence-electron chi connectivity index (χ0n) is 19.2. The van der Waals surface area contributed by atoms with Crippen molar-refractivity contribution in [3.63, 3.8) is 0 Å². The standard InChI is InChI=1S/C25H22F4N4O3/c1-35-21-8-6-19(15-31-21)32-24(34)33-11-9-16(10-12-33)23(26)17-3-2-4-20(13-17)36-22-7-5-18(14-30-22)25(27,28)29/h2-8,13-15H,9-12H2,1H3,(H,32,34). The highest BCUT2D eigenvalue weighted by Gasteiger charge is 2.30. The number of hydrogen-bond acceptors (Lipinski definition) is 5. The maximum absolute atomic E-state index is 15.2. The Bertz CT molecular complexity index is 1240. The fourth-order valence-electron chi connectivity index (χ4n) is 3.61. The number of anilines is 1. The van der Waals surface area contributed by atoms with E-state index in [1.54, 1.807) is 35.2 Å². The Hall–Kier alpha value is -4.15. The van der Waals surface area contributed by atoms with E-state index in [2.05, 4.69) is 15.3 Å². The van der Waals surface area contributed by atoms with Crippen LogP contribution in [0.4, 0.5) is 28.0 Å². The van der Waals surface area contributed by atoms with Crippen molar-refractivity contribution in [3.05, 3.63) is 77.6 Å². The van der Waals surface area contributed by atoms with Crippen LogP contribution in [0.25, 0.3) is 5.83 Å². The van der Waals surface area contributed by atoms with Crippen LogP contribution in [0.15, 0.2) is 66.5 Å². The second-order valence-electron chi connectivity index (χ2n) is 7.94.